The molecular weight excluding hydrogens is 387 g/mol. The van der Waals surface area contributed by atoms with Gasteiger partial charge in [-0.1, -0.05) is 31.5 Å². The Balaban J connectivity index is 0.00000441. The van der Waals surface area contributed by atoms with Gasteiger partial charge in [0.2, 0.25) is 0 Å². The molecule has 1 N–H and O–H groups in total. The van der Waals surface area contributed by atoms with Gasteiger partial charge in [0.1, 0.15) is 0 Å². The summed E-state index contributed by atoms with van der Waals surface area (Å²) in [6.07, 6.45) is 2.39. The number of benzene rings is 1. The maximum Gasteiger partial charge on any atom is 0.193 e. The Morgan fingerprint density at radius 1 is 1.23 bits per heavy atom. The number of hydrogen-bond donors (Lipinski definition) is 1. The number of likely N-dealkylation sites (N-methyl/N-ethyl adjacent to an activating group) is 1. The molecule has 4 nitrogen and oxygen atoms in total. The van der Waals surface area contributed by atoms with Gasteiger partial charge in [-0.2, -0.15) is 0 Å². The lowest BCUT2D eigenvalue weighted by Gasteiger charge is -2.29. The SMILES string of the molecule is CCCCN(C)C(=NC)NCC(C)N(C)c1ccccc1.I. The van der Waals surface area contributed by atoms with Crippen molar-refractivity contribution in [3.05, 3.63) is 30.3 Å². The van der Waals surface area contributed by atoms with Crippen molar-refractivity contribution in [2.45, 2.75) is 32.7 Å². The van der Waals surface area contributed by atoms with E-state index in [9.17, 15) is 0 Å². The average Bonchev–Trinajstić information content (AvgIpc) is 2.53. The molecule has 1 rings (SSSR count). The van der Waals surface area contributed by atoms with Gasteiger partial charge in [-0.05, 0) is 25.5 Å². The Labute approximate surface area is 153 Å². The first kappa shape index (κ1) is 21.0. The first-order valence-electron chi connectivity index (χ1n) is 7.79. The summed E-state index contributed by atoms with van der Waals surface area (Å²) in [6.45, 7) is 6.34. The molecule has 5 heteroatoms. The van der Waals surface area contributed by atoms with E-state index >= 15 is 0 Å². The molecular formula is C17H31IN4. The summed E-state index contributed by atoms with van der Waals surface area (Å²) in [7, 11) is 6.07. The molecule has 0 spiro atoms. The largest absolute Gasteiger partial charge is 0.370 e. The summed E-state index contributed by atoms with van der Waals surface area (Å²) in [5.41, 5.74) is 1.24. The van der Waals surface area contributed by atoms with Crippen molar-refractivity contribution in [2.24, 2.45) is 4.99 Å². The van der Waals surface area contributed by atoms with Crippen LogP contribution in [0.5, 0.6) is 0 Å². The smallest absolute Gasteiger partial charge is 0.193 e. The molecule has 0 aromatic heterocycles. The number of guanidine groups is 1. The molecule has 0 amide bonds. The first-order valence-corrected chi connectivity index (χ1v) is 7.79. The van der Waals surface area contributed by atoms with Crippen LogP contribution in [0.2, 0.25) is 0 Å². The molecule has 0 saturated heterocycles. The maximum atomic E-state index is 4.36. The van der Waals surface area contributed by atoms with Gasteiger partial charge in [0.25, 0.3) is 0 Å². The van der Waals surface area contributed by atoms with Crippen LogP contribution in [0.4, 0.5) is 5.69 Å². The van der Waals surface area contributed by atoms with Gasteiger partial charge in [-0.3, -0.25) is 4.99 Å². The van der Waals surface area contributed by atoms with E-state index in [0.717, 1.165) is 19.0 Å². The summed E-state index contributed by atoms with van der Waals surface area (Å²) >= 11 is 0. The van der Waals surface area contributed by atoms with E-state index in [4.69, 9.17) is 0 Å². The van der Waals surface area contributed by atoms with E-state index in [1.807, 2.05) is 13.1 Å². The third-order valence-electron chi connectivity index (χ3n) is 3.80. The van der Waals surface area contributed by atoms with Crippen LogP contribution in [0, 0.1) is 0 Å². The molecule has 0 fully saturated rings. The molecule has 0 aliphatic carbocycles. The average molecular weight is 418 g/mol. The van der Waals surface area contributed by atoms with E-state index in [2.05, 4.69) is 72.3 Å². The fraction of sp³-hybridized carbons (Fsp3) is 0.588. The van der Waals surface area contributed by atoms with E-state index in [1.54, 1.807) is 0 Å². The highest BCUT2D eigenvalue weighted by Gasteiger charge is 2.11. The maximum absolute atomic E-state index is 4.36. The predicted octanol–water partition coefficient (Wildman–Crippen LogP) is 3.44. The number of anilines is 1. The lowest BCUT2D eigenvalue weighted by molar-refractivity contribution is 0.461. The number of aliphatic imine (C=N–C) groups is 1. The molecule has 22 heavy (non-hydrogen) atoms. The van der Waals surface area contributed by atoms with Gasteiger partial charge >= 0.3 is 0 Å². The monoisotopic (exact) mass is 418 g/mol. The number of rotatable bonds is 7. The Morgan fingerprint density at radius 3 is 2.41 bits per heavy atom. The zero-order chi connectivity index (χ0) is 15.7. The molecule has 0 aliphatic rings. The second-order valence-corrected chi connectivity index (χ2v) is 5.50. The minimum atomic E-state index is 0. The normalized spacial score (nSPS) is 12.3. The van der Waals surface area contributed by atoms with E-state index in [-0.39, 0.29) is 24.0 Å². The van der Waals surface area contributed by atoms with Crippen LogP contribution >= 0.6 is 24.0 Å². The van der Waals surface area contributed by atoms with Gasteiger partial charge in [0.15, 0.2) is 5.96 Å². The van der Waals surface area contributed by atoms with Crippen LogP contribution in [0.1, 0.15) is 26.7 Å². The van der Waals surface area contributed by atoms with Gasteiger partial charge in [-0.25, -0.2) is 0 Å². The highest BCUT2D eigenvalue weighted by atomic mass is 127. The van der Waals surface area contributed by atoms with Crippen LogP contribution in [-0.4, -0.2) is 51.1 Å². The van der Waals surface area contributed by atoms with E-state index in [0.29, 0.717) is 6.04 Å². The standard InChI is InChI=1S/C17H30N4.HI/c1-6-7-13-20(4)17(18-3)19-14-15(2)21(5)16-11-9-8-10-12-16;/h8-12,15H,6-7,13-14H2,1-5H3,(H,18,19);1H. The van der Waals surface area contributed by atoms with Crippen LogP contribution in [0.25, 0.3) is 0 Å². The van der Waals surface area contributed by atoms with Crippen LogP contribution < -0.4 is 10.2 Å². The summed E-state index contributed by atoms with van der Waals surface area (Å²) in [6, 6.07) is 10.9. The molecule has 126 valence electrons. The molecule has 0 heterocycles. The topological polar surface area (TPSA) is 30.9 Å². The third-order valence-corrected chi connectivity index (χ3v) is 3.80. The summed E-state index contributed by atoms with van der Waals surface area (Å²) < 4.78 is 0. The Morgan fingerprint density at radius 2 is 1.86 bits per heavy atom. The van der Waals surface area contributed by atoms with Crippen molar-refractivity contribution in [1.29, 1.82) is 0 Å². The molecule has 0 radical (unpaired) electrons. The molecule has 1 aromatic carbocycles. The van der Waals surface area contributed by atoms with Gasteiger partial charge in [0, 0.05) is 46.0 Å². The number of halogens is 1. The Hall–Kier alpha value is -0.980. The zero-order valence-corrected chi connectivity index (χ0v) is 16.9. The lowest BCUT2D eigenvalue weighted by atomic mass is 10.2. The number of unbranched alkanes of at least 4 members (excludes halogenated alkanes) is 1. The number of nitrogens with one attached hydrogen (secondary N) is 1. The van der Waals surface area contributed by atoms with Crippen LogP contribution in [0.15, 0.2) is 35.3 Å². The fourth-order valence-corrected chi connectivity index (χ4v) is 2.18. The number of hydrogen-bond acceptors (Lipinski definition) is 2. The quantitative estimate of drug-likeness (QED) is 0.418. The van der Waals surface area contributed by atoms with Gasteiger partial charge < -0.3 is 15.1 Å². The highest BCUT2D eigenvalue weighted by Crippen LogP contribution is 2.13. The predicted molar refractivity (Wildman–Crippen MR) is 109 cm³/mol. The summed E-state index contributed by atoms with van der Waals surface area (Å²) in [5, 5.41) is 3.46. The highest BCUT2D eigenvalue weighted by molar-refractivity contribution is 14.0. The second kappa shape index (κ2) is 11.6. The molecule has 0 saturated carbocycles. The Kier molecular flexibility index (Phi) is 11.1. The van der Waals surface area contributed by atoms with Crippen molar-refractivity contribution in [3.8, 4) is 0 Å². The molecule has 1 aromatic rings. The molecule has 0 aliphatic heterocycles. The minimum absolute atomic E-state index is 0. The molecule has 0 bridgehead atoms. The fourth-order valence-electron chi connectivity index (χ4n) is 2.18. The van der Waals surface area contributed by atoms with Gasteiger partial charge in [-0.15, -0.1) is 24.0 Å². The second-order valence-electron chi connectivity index (χ2n) is 5.50. The van der Waals surface area contributed by atoms with Crippen LogP contribution in [-0.2, 0) is 0 Å². The zero-order valence-electron chi connectivity index (χ0n) is 14.5. The van der Waals surface area contributed by atoms with Crippen LogP contribution in [0.3, 0.4) is 0 Å². The minimum Gasteiger partial charge on any atom is -0.370 e. The molecule has 1 unspecified atom stereocenters. The first-order chi connectivity index (χ1) is 10.1. The summed E-state index contributed by atoms with van der Waals surface area (Å²) in [4.78, 5) is 8.84. The van der Waals surface area contributed by atoms with Crippen molar-refractivity contribution in [2.75, 3.05) is 39.1 Å². The Bertz CT molecular complexity index is 422. The van der Waals surface area contributed by atoms with Crippen molar-refractivity contribution < 1.29 is 0 Å². The lowest BCUT2D eigenvalue weighted by Crippen LogP contribution is -2.45. The van der Waals surface area contributed by atoms with Crippen molar-refractivity contribution in [3.63, 3.8) is 0 Å². The van der Waals surface area contributed by atoms with Gasteiger partial charge in [0.05, 0.1) is 0 Å². The van der Waals surface area contributed by atoms with Crippen molar-refractivity contribution in [1.82, 2.24) is 10.2 Å². The summed E-state index contributed by atoms with van der Waals surface area (Å²) in [5.74, 6) is 0.969. The van der Waals surface area contributed by atoms with E-state index < -0.39 is 0 Å². The van der Waals surface area contributed by atoms with E-state index in [1.165, 1.54) is 18.5 Å². The number of nitrogens with zero attached hydrogens (tertiary/aromatic N) is 3. The van der Waals surface area contributed by atoms with Crippen molar-refractivity contribution >= 4 is 35.6 Å². The third kappa shape index (κ3) is 6.85. The number of para-hydroxylation sites is 1. The molecule has 1 atom stereocenters.